The number of aryl methyl sites for hydroxylation is 1. The zero-order chi connectivity index (χ0) is 10.1. The van der Waals surface area contributed by atoms with E-state index in [9.17, 15) is 4.39 Å². The van der Waals surface area contributed by atoms with E-state index < -0.39 is 0 Å². The lowest BCUT2D eigenvalue weighted by atomic mass is 10.2. The van der Waals surface area contributed by atoms with Crippen molar-refractivity contribution >= 4 is 11.8 Å². The maximum Gasteiger partial charge on any atom is 0.127 e. The lowest BCUT2D eigenvalue weighted by Crippen LogP contribution is -2.06. The van der Waals surface area contributed by atoms with Crippen LogP contribution in [0.5, 0.6) is 0 Å². The van der Waals surface area contributed by atoms with Crippen molar-refractivity contribution in [2.45, 2.75) is 37.3 Å². The maximum atomic E-state index is 13.1. The van der Waals surface area contributed by atoms with Gasteiger partial charge in [-0.25, -0.2) is 4.39 Å². The summed E-state index contributed by atoms with van der Waals surface area (Å²) in [6.45, 7) is 8.14. The third-order valence-corrected chi connectivity index (χ3v) is 2.67. The van der Waals surface area contributed by atoms with E-state index >= 15 is 0 Å². The number of benzene rings is 1. The summed E-state index contributed by atoms with van der Waals surface area (Å²) >= 11 is 1.68. The lowest BCUT2D eigenvalue weighted by molar-refractivity contribution is 0.614. The minimum atomic E-state index is -0.116. The van der Waals surface area contributed by atoms with Gasteiger partial charge in [0.2, 0.25) is 0 Å². The molecule has 0 radical (unpaired) electrons. The third-order valence-electron chi connectivity index (χ3n) is 1.57. The fourth-order valence-corrected chi connectivity index (χ4v) is 2.00. The first kappa shape index (κ1) is 10.6. The molecule has 0 fully saturated rings. The Bertz CT molecular complexity index is 299. The predicted octanol–water partition coefficient (Wildman–Crippen LogP) is 4.02. The largest absolute Gasteiger partial charge is 0.207 e. The highest BCUT2D eigenvalue weighted by atomic mass is 32.2. The van der Waals surface area contributed by atoms with E-state index in [-0.39, 0.29) is 10.6 Å². The van der Waals surface area contributed by atoms with Crippen molar-refractivity contribution in [3.63, 3.8) is 0 Å². The number of halogens is 1. The van der Waals surface area contributed by atoms with Gasteiger partial charge in [0, 0.05) is 9.64 Å². The molecular weight excluding hydrogens is 183 g/mol. The Morgan fingerprint density at radius 2 is 1.85 bits per heavy atom. The number of thioether (sulfide) groups is 1. The van der Waals surface area contributed by atoms with E-state index in [1.807, 2.05) is 12.1 Å². The zero-order valence-electron chi connectivity index (χ0n) is 8.52. The topological polar surface area (TPSA) is 0 Å². The highest BCUT2D eigenvalue weighted by molar-refractivity contribution is 8.00. The molecule has 0 aromatic heterocycles. The number of rotatable bonds is 1. The van der Waals surface area contributed by atoms with Gasteiger partial charge in [-0.3, -0.25) is 0 Å². The van der Waals surface area contributed by atoms with Crippen LogP contribution in [-0.2, 0) is 0 Å². The highest BCUT2D eigenvalue weighted by Crippen LogP contribution is 2.32. The monoisotopic (exact) mass is 198 g/mol. The maximum absolute atomic E-state index is 13.1. The highest BCUT2D eigenvalue weighted by Gasteiger charge is 2.12. The first-order valence-electron chi connectivity index (χ1n) is 4.34. The summed E-state index contributed by atoms with van der Waals surface area (Å²) in [5, 5.41) is 0. The van der Waals surface area contributed by atoms with E-state index in [0.717, 1.165) is 4.90 Å². The third kappa shape index (κ3) is 3.39. The molecule has 13 heavy (non-hydrogen) atoms. The summed E-state index contributed by atoms with van der Waals surface area (Å²) in [5.74, 6) is -0.116. The molecule has 0 nitrogen and oxygen atoms in total. The molecule has 0 atom stereocenters. The number of hydrogen-bond acceptors (Lipinski definition) is 1. The molecule has 0 saturated carbocycles. The van der Waals surface area contributed by atoms with Crippen molar-refractivity contribution in [1.82, 2.24) is 0 Å². The summed E-state index contributed by atoms with van der Waals surface area (Å²) in [5.41, 5.74) is 0.707. The predicted molar refractivity (Wildman–Crippen MR) is 56.7 cm³/mol. The summed E-state index contributed by atoms with van der Waals surface area (Å²) in [7, 11) is 0. The fourth-order valence-electron chi connectivity index (χ4n) is 0.991. The molecule has 0 aliphatic rings. The van der Waals surface area contributed by atoms with Gasteiger partial charge < -0.3 is 0 Å². The summed E-state index contributed by atoms with van der Waals surface area (Å²) in [6, 6.07) is 5.39. The van der Waals surface area contributed by atoms with Crippen molar-refractivity contribution in [1.29, 1.82) is 0 Å². The Morgan fingerprint density at radius 3 is 2.31 bits per heavy atom. The lowest BCUT2D eigenvalue weighted by Gasteiger charge is -2.17. The van der Waals surface area contributed by atoms with Gasteiger partial charge >= 0.3 is 0 Å². The van der Waals surface area contributed by atoms with Gasteiger partial charge in [-0.1, -0.05) is 26.8 Å². The summed E-state index contributed by atoms with van der Waals surface area (Å²) in [4.78, 5) is 0.996. The van der Waals surface area contributed by atoms with Crippen LogP contribution in [0.1, 0.15) is 26.3 Å². The molecule has 0 heterocycles. The van der Waals surface area contributed by atoms with Crippen molar-refractivity contribution in [2.75, 3.05) is 0 Å². The number of hydrogen-bond donors (Lipinski definition) is 0. The van der Waals surface area contributed by atoms with E-state index in [1.165, 1.54) is 0 Å². The second kappa shape index (κ2) is 3.70. The molecule has 1 aromatic carbocycles. The standard InChI is InChI=1S/C11H15FS/c1-8-5-6-9(7-10(8)12)13-11(2,3)4/h5-7H,1-4H3. The smallest absolute Gasteiger partial charge is 0.127 e. The Morgan fingerprint density at radius 1 is 1.23 bits per heavy atom. The molecule has 72 valence electrons. The first-order valence-corrected chi connectivity index (χ1v) is 5.15. The van der Waals surface area contributed by atoms with Gasteiger partial charge in [0.15, 0.2) is 0 Å². The van der Waals surface area contributed by atoms with Gasteiger partial charge in [0.05, 0.1) is 0 Å². The minimum absolute atomic E-state index is 0.116. The van der Waals surface area contributed by atoms with E-state index in [2.05, 4.69) is 20.8 Å². The van der Waals surface area contributed by atoms with Crippen molar-refractivity contribution < 1.29 is 4.39 Å². The second-order valence-electron chi connectivity index (χ2n) is 4.13. The second-order valence-corrected chi connectivity index (χ2v) is 6.03. The van der Waals surface area contributed by atoms with Crippen LogP contribution in [0.4, 0.5) is 4.39 Å². The molecule has 0 aliphatic heterocycles. The fraction of sp³-hybridized carbons (Fsp3) is 0.455. The minimum Gasteiger partial charge on any atom is -0.207 e. The molecule has 1 aromatic rings. The summed E-state index contributed by atoms with van der Waals surface area (Å²) < 4.78 is 13.3. The molecule has 0 aliphatic carbocycles. The van der Waals surface area contributed by atoms with Crippen molar-refractivity contribution in [2.24, 2.45) is 0 Å². The van der Waals surface area contributed by atoms with Crippen LogP contribution in [0, 0.1) is 12.7 Å². The van der Waals surface area contributed by atoms with Crippen LogP contribution in [0.15, 0.2) is 23.1 Å². The molecular formula is C11H15FS. The Kier molecular flexibility index (Phi) is 3.01. The SMILES string of the molecule is Cc1ccc(SC(C)(C)C)cc1F. The van der Waals surface area contributed by atoms with E-state index in [4.69, 9.17) is 0 Å². The molecule has 2 heteroatoms. The molecule has 1 rings (SSSR count). The van der Waals surface area contributed by atoms with E-state index in [1.54, 1.807) is 24.8 Å². The van der Waals surface area contributed by atoms with Crippen LogP contribution < -0.4 is 0 Å². The molecule has 0 spiro atoms. The van der Waals surface area contributed by atoms with Gasteiger partial charge in [-0.05, 0) is 24.6 Å². The van der Waals surface area contributed by atoms with Crippen LogP contribution in [0.2, 0.25) is 0 Å². The quantitative estimate of drug-likeness (QED) is 0.614. The van der Waals surface area contributed by atoms with Crippen LogP contribution in [0.3, 0.4) is 0 Å². The van der Waals surface area contributed by atoms with Gasteiger partial charge in [-0.15, -0.1) is 11.8 Å². The Labute approximate surface area is 83.5 Å². The summed E-state index contributed by atoms with van der Waals surface area (Å²) in [6.07, 6.45) is 0. The Hall–Kier alpha value is -0.500. The van der Waals surface area contributed by atoms with Crippen LogP contribution in [0.25, 0.3) is 0 Å². The Balaban J connectivity index is 2.86. The molecule has 0 unspecified atom stereocenters. The van der Waals surface area contributed by atoms with Crippen molar-refractivity contribution in [3.8, 4) is 0 Å². The first-order chi connectivity index (χ1) is 5.88. The van der Waals surface area contributed by atoms with Crippen LogP contribution >= 0.6 is 11.8 Å². The van der Waals surface area contributed by atoms with Gasteiger partial charge in [0.1, 0.15) is 5.82 Å². The van der Waals surface area contributed by atoms with Crippen LogP contribution in [-0.4, -0.2) is 4.75 Å². The van der Waals surface area contributed by atoms with Crippen molar-refractivity contribution in [3.05, 3.63) is 29.6 Å². The molecule has 0 bridgehead atoms. The molecule has 0 N–H and O–H groups in total. The molecule has 0 saturated heterocycles. The zero-order valence-corrected chi connectivity index (χ0v) is 9.33. The van der Waals surface area contributed by atoms with E-state index in [0.29, 0.717) is 5.56 Å². The van der Waals surface area contributed by atoms with Gasteiger partial charge in [0.25, 0.3) is 0 Å². The van der Waals surface area contributed by atoms with Gasteiger partial charge in [-0.2, -0.15) is 0 Å². The average molecular weight is 198 g/mol. The normalized spacial score (nSPS) is 11.8. The average Bonchev–Trinajstić information content (AvgIpc) is 1.94. The molecule has 0 amide bonds.